The zero-order valence-corrected chi connectivity index (χ0v) is 17.3. The Hall–Kier alpha value is -3.64. The number of benzene rings is 2. The molecule has 2 aromatic carbocycles. The zero-order valence-electron chi connectivity index (χ0n) is 16.5. The molecule has 3 aromatic heterocycles. The van der Waals surface area contributed by atoms with Gasteiger partial charge in [0.1, 0.15) is 0 Å². The van der Waals surface area contributed by atoms with Crippen LogP contribution in [-0.2, 0) is 0 Å². The Bertz CT molecular complexity index is 1410. The molecule has 0 aliphatic rings. The number of fused-ring (bicyclic) bond motifs is 2. The number of carbonyl (C=O) groups excluding carboxylic acids is 1. The molecule has 0 spiro atoms. The van der Waals surface area contributed by atoms with E-state index in [0.717, 1.165) is 37.8 Å². The van der Waals surface area contributed by atoms with Gasteiger partial charge in [-0.25, -0.2) is 9.97 Å². The molecule has 0 bridgehead atoms. The third-order valence-corrected chi connectivity index (χ3v) is 5.94. The number of rotatable bonds is 3. The van der Waals surface area contributed by atoms with E-state index in [4.69, 9.17) is 4.98 Å². The first-order valence-electron chi connectivity index (χ1n) is 9.58. The summed E-state index contributed by atoms with van der Waals surface area (Å²) in [6.45, 7) is 4.03. The lowest BCUT2D eigenvalue weighted by molar-refractivity contribution is 0.102. The minimum Gasteiger partial charge on any atom is -0.298 e. The topological polar surface area (TPSA) is 67.8 Å². The summed E-state index contributed by atoms with van der Waals surface area (Å²) < 4.78 is 1.05. The highest BCUT2D eigenvalue weighted by atomic mass is 32.1. The predicted octanol–water partition coefficient (Wildman–Crippen LogP) is 5.78. The summed E-state index contributed by atoms with van der Waals surface area (Å²) in [7, 11) is 0. The smallest absolute Gasteiger partial charge is 0.258 e. The first-order chi connectivity index (χ1) is 14.6. The minimum atomic E-state index is -0.199. The maximum Gasteiger partial charge on any atom is 0.258 e. The fourth-order valence-corrected chi connectivity index (χ4v) is 4.43. The van der Waals surface area contributed by atoms with Crippen molar-refractivity contribution in [2.75, 3.05) is 5.32 Å². The van der Waals surface area contributed by atoms with Crippen molar-refractivity contribution in [2.24, 2.45) is 0 Å². The van der Waals surface area contributed by atoms with Gasteiger partial charge in [-0.2, -0.15) is 0 Å². The third kappa shape index (κ3) is 3.31. The number of pyridine rings is 2. The SMILES string of the molecule is Cc1ccc2nc(-c3cccnc3)cc(C(=O)Nc3nc4c(C)cccc4s3)c2c1. The maximum absolute atomic E-state index is 13.3. The molecule has 0 fully saturated rings. The number of thiazole rings is 1. The lowest BCUT2D eigenvalue weighted by Gasteiger charge is -2.10. The van der Waals surface area contributed by atoms with Gasteiger partial charge in [-0.05, 0) is 55.8 Å². The molecular formula is C24H18N4OS. The van der Waals surface area contributed by atoms with Crippen molar-refractivity contribution in [1.82, 2.24) is 15.0 Å². The quantitative estimate of drug-likeness (QED) is 0.410. The fourth-order valence-electron chi connectivity index (χ4n) is 3.49. The van der Waals surface area contributed by atoms with Crippen LogP contribution in [-0.4, -0.2) is 20.9 Å². The third-order valence-electron chi connectivity index (χ3n) is 5.01. The van der Waals surface area contributed by atoms with E-state index in [1.807, 2.05) is 68.4 Å². The summed E-state index contributed by atoms with van der Waals surface area (Å²) in [5.74, 6) is -0.199. The van der Waals surface area contributed by atoms with Crippen LogP contribution in [0.3, 0.4) is 0 Å². The van der Waals surface area contributed by atoms with Crippen LogP contribution in [0.1, 0.15) is 21.5 Å². The number of nitrogens with one attached hydrogen (secondary N) is 1. The van der Waals surface area contributed by atoms with Crippen LogP contribution in [0.4, 0.5) is 5.13 Å². The lowest BCUT2D eigenvalue weighted by Crippen LogP contribution is -2.13. The monoisotopic (exact) mass is 410 g/mol. The summed E-state index contributed by atoms with van der Waals surface area (Å²) in [6.07, 6.45) is 3.47. The van der Waals surface area contributed by atoms with E-state index < -0.39 is 0 Å². The Balaban J connectivity index is 1.61. The van der Waals surface area contributed by atoms with E-state index in [1.165, 1.54) is 11.3 Å². The van der Waals surface area contributed by atoms with Crippen molar-refractivity contribution >= 4 is 43.5 Å². The molecule has 5 rings (SSSR count). The van der Waals surface area contributed by atoms with E-state index in [-0.39, 0.29) is 5.91 Å². The van der Waals surface area contributed by atoms with Crippen LogP contribution < -0.4 is 5.32 Å². The van der Waals surface area contributed by atoms with Gasteiger partial charge in [-0.3, -0.25) is 15.1 Å². The van der Waals surface area contributed by atoms with Gasteiger partial charge in [0.2, 0.25) is 0 Å². The number of anilines is 1. The highest BCUT2D eigenvalue weighted by molar-refractivity contribution is 7.22. The molecule has 30 heavy (non-hydrogen) atoms. The predicted molar refractivity (Wildman–Crippen MR) is 122 cm³/mol. The van der Waals surface area contributed by atoms with Crippen molar-refractivity contribution < 1.29 is 4.79 Å². The van der Waals surface area contributed by atoms with Gasteiger partial charge in [0.05, 0.1) is 27.0 Å². The number of para-hydroxylation sites is 1. The summed E-state index contributed by atoms with van der Waals surface area (Å²) in [5.41, 5.74) is 6.00. The Kier molecular flexibility index (Phi) is 4.48. The second-order valence-corrected chi connectivity index (χ2v) is 8.24. The largest absolute Gasteiger partial charge is 0.298 e. The normalized spacial score (nSPS) is 11.1. The van der Waals surface area contributed by atoms with Crippen molar-refractivity contribution in [3.8, 4) is 11.3 Å². The molecule has 1 amide bonds. The molecule has 0 atom stereocenters. The molecular weight excluding hydrogens is 392 g/mol. The van der Waals surface area contributed by atoms with Gasteiger partial charge in [0.25, 0.3) is 5.91 Å². The molecule has 0 aliphatic heterocycles. The van der Waals surface area contributed by atoms with Gasteiger partial charge in [-0.15, -0.1) is 0 Å². The molecule has 3 heterocycles. The van der Waals surface area contributed by atoms with E-state index in [0.29, 0.717) is 16.4 Å². The van der Waals surface area contributed by atoms with Gasteiger partial charge in [0.15, 0.2) is 5.13 Å². The Morgan fingerprint density at radius 3 is 2.70 bits per heavy atom. The van der Waals surface area contributed by atoms with Crippen molar-refractivity contribution in [3.63, 3.8) is 0 Å². The number of aromatic nitrogens is 3. The Labute approximate surface area is 177 Å². The van der Waals surface area contributed by atoms with Gasteiger partial charge >= 0.3 is 0 Å². The molecule has 0 saturated carbocycles. The van der Waals surface area contributed by atoms with Crippen LogP contribution in [0.15, 0.2) is 67.0 Å². The Morgan fingerprint density at radius 2 is 1.90 bits per heavy atom. The van der Waals surface area contributed by atoms with Crippen molar-refractivity contribution in [3.05, 3.63) is 83.7 Å². The highest BCUT2D eigenvalue weighted by Crippen LogP contribution is 2.30. The molecule has 5 nitrogen and oxygen atoms in total. The van der Waals surface area contributed by atoms with Crippen LogP contribution >= 0.6 is 11.3 Å². The number of aryl methyl sites for hydroxylation is 2. The summed E-state index contributed by atoms with van der Waals surface area (Å²) in [4.78, 5) is 26.8. The van der Waals surface area contributed by atoms with E-state index in [1.54, 1.807) is 12.4 Å². The molecule has 6 heteroatoms. The van der Waals surface area contributed by atoms with E-state index >= 15 is 0 Å². The number of nitrogens with zero attached hydrogens (tertiary/aromatic N) is 3. The average Bonchev–Trinajstić information content (AvgIpc) is 3.17. The summed E-state index contributed by atoms with van der Waals surface area (Å²) in [5, 5.41) is 4.40. The molecule has 0 radical (unpaired) electrons. The molecule has 5 aromatic rings. The molecule has 1 N–H and O–H groups in total. The van der Waals surface area contributed by atoms with Crippen molar-refractivity contribution in [2.45, 2.75) is 13.8 Å². The summed E-state index contributed by atoms with van der Waals surface area (Å²) >= 11 is 1.47. The number of hydrogen-bond acceptors (Lipinski definition) is 5. The number of carbonyl (C=O) groups is 1. The molecule has 0 unspecified atom stereocenters. The highest BCUT2D eigenvalue weighted by Gasteiger charge is 2.16. The second kappa shape index (κ2) is 7.31. The van der Waals surface area contributed by atoms with E-state index in [2.05, 4.69) is 15.3 Å². The number of amides is 1. The molecule has 0 saturated heterocycles. The van der Waals surface area contributed by atoms with Crippen LogP contribution in [0.2, 0.25) is 0 Å². The van der Waals surface area contributed by atoms with Gasteiger partial charge < -0.3 is 0 Å². The maximum atomic E-state index is 13.3. The minimum absolute atomic E-state index is 0.199. The molecule has 146 valence electrons. The fraction of sp³-hybridized carbons (Fsp3) is 0.0833. The molecule has 0 aliphatic carbocycles. The van der Waals surface area contributed by atoms with Gasteiger partial charge in [-0.1, -0.05) is 35.1 Å². The Morgan fingerprint density at radius 1 is 1.00 bits per heavy atom. The zero-order chi connectivity index (χ0) is 20.7. The average molecular weight is 411 g/mol. The number of hydrogen-bond donors (Lipinski definition) is 1. The van der Waals surface area contributed by atoms with Crippen molar-refractivity contribution in [1.29, 1.82) is 0 Å². The lowest BCUT2D eigenvalue weighted by atomic mass is 10.0. The summed E-state index contributed by atoms with van der Waals surface area (Å²) in [6, 6.07) is 17.6. The first-order valence-corrected chi connectivity index (χ1v) is 10.4. The van der Waals surface area contributed by atoms with Crippen LogP contribution in [0.25, 0.3) is 32.4 Å². The second-order valence-electron chi connectivity index (χ2n) is 7.21. The van der Waals surface area contributed by atoms with Crippen LogP contribution in [0.5, 0.6) is 0 Å². The van der Waals surface area contributed by atoms with E-state index in [9.17, 15) is 4.79 Å². The standard InChI is InChI=1S/C24H18N4OS/c1-14-8-9-19-17(11-14)18(12-20(26-19)16-6-4-10-25-13-16)23(29)28-24-27-22-15(2)5-3-7-21(22)30-24/h3-13H,1-2H3,(H,27,28,29). The first kappa shape index (κ1) is 18.4. The van der Waals surface area contributed by atoms with Crippen LogP contribution in [0, 0.1) is 13.8 Å². The van der Waals surface area contributed by atoms with Gasteiger partial charge in [0, 0.05) is 23.3 Å².